The van der Waals surface area contributed by atoms with Gasteiger partial charge in [-0.1, -0.05) is 36.4 Å². The molecule has 0 aromatic heterocycles. The molecule has 0 spiro atoms. The van der Waals surface area contributed by atoms with Crippen LogP contribution in [0.5, 0.6) is 0 Å². The van der Waals surface area contributed by atoms with E-state index in [0.29, 0.717) is 10.0 Å². The molecule has 1 saturated heterocycles. The van der Waals surface area contributed by atoms with Gasteiger partial charge in [0.25, 0.3) is 0 Å². The number of nitrogens with one attached hydrogen (secondary N) is 1. The predicted molar refractivity (Wildman–Crippen MR) is 117 cm³/mol. The van der Waals surface area contributed by atoms with Crippen LogP contribution in [0.15, 0.2) is 53.0 Å². The van der Waals surface area contributed by atoms with Crippen molar-refractivity contribution >= 4 is 27.9 Å². The first-order valence-electron chi connectivity index (χ1n) is 9.99. The summed E-state index contributed by atoms with van der Waals surface area (Å²) in [5, 5.41) is 2.87. The average Bonchev–Trinajstić information content (AvgIpc) is 3.10. The summed E-state index contributed by atoms with van der Waals surface area (Å²) in [4.78, 5) is 26.8. The molecule has 2 amide bonds. The second kappa shape index (κ2) is 9.34. The summed E-state index contributed by atoms with van der Waals surface area (Å²) in [5.41, 5.74) is 0.489. The van der Waals surface area contributed by atoms with Crippen LogP contribution in [0.1, 0.15) is 44.4 Å². The van der Waals surface area contributed by atoms with Crippen LogP contribution < -0.4 is 5.32 Å². The molecule has 0 bridgehead atoms. The third-order valence-electron chi connectivity index (χ3n) is 4.88. The van der Waals surface area contributed by atoms with E-state index in [2.05, 4.69) is 21.2 Å². The Kier molecular flexibility index (Phi) is 6.99. The maximum Gasteiger partial charge on any atom is 0.411 e. The molecule has 0 aliphatic carbocycles. The van der Waals surface area contributed by atoms with Crippen molar-refractivity contribution in [1.82, 2.24) is 10.2 Å². The van der Waals surface area contributed by atoms with Gasteiger partial charge >= 0.3 is 6.09 Å². The molecule has 0 saturated carbocycles. The maximum absolute atomic E-state index is 14.2. The van der Waals surface area contributed by atoms with Crippen molar-refractivity contribution in [2.24, 2.45) is 0 Å². The molecule has 31 heavy (non-hydrogen) atoms. The van der Waals surface area contributed by atoms with Crippen LogP contribution in [0.25, 0.3) is 0 Å². The molecule has 8 heteroatoms. The Morgan fingerprint density at radius 1 is 1.16 bits per heavy atom. The topological polar surface area (TPSA) is 58.6 Å². The third-order valence-corrected chi connectivity index (χ3v) is 5.52. The van der Waals surface area contributed by atoms with Gasteiger partial charge in [-0.2, -0.15) is 0 Å². The Labute approximate surface area is 188 Å². The highest BCUT2D eigenvalue weighted by Gasteiger charge is 2.42. The maximum atomic E-state index is 14.2. The van der Waals surface area contributed by atoms with Crippen molar-refractivity contribution in [1.29, 1.82) is 0 Å². The van der Waals surface area contributed by atoms with Gasteiger partial charge in [-0.15, -0.1) is 0 Å². The second-order valence-corrected chi connectivity index (χ2v) is 9.36. The second-order valence-electron chi connectivity index (χ2n) is 8.51. The summed E-state index contributed by atoms with van der Waals surface area (Å²) in [6.45, 7) is 4.90. The Morgan fingerprint density at radius 2 is 1.84 bits per heavy atom. The molecule has 0 radical (unpaired) electrons. The molecule has 1 aliphatic rings. The van der Waals surface area contributed by atoms with Crippen molar-refractivity contribution in [3.8, 4) is 0 Å². The van der Waals surface area contributed by atoms with Gasteiger partial charge in [0.05, 0.1) is 17.1 Å². The number of alkyl halides is 1. The largest absolute Gasteiger partial charge is 0.444 e. The zero-order valence-electron chi connectivity index (χ0n) is 17.6. The van der Waals surface area contributed by atoms with Crippen molar-refractivity contribution in [3.05, 3.63) is 69.9 Å². The summed E-state index contributed by atoms with van der Waals surface area (Å²) in [7, 11) is 0. The number of carbonyl (C=O) groups is 2. The van der Waals surface area contributed by atoms with E-state index in [9.17, 15) is 18.4 Å². The summed E-state index contributed by atoms with van der Waals surface area (Å²) in [6.07, 6.45) is -2.19. The Morgan fingerprint density at radius 3 is 2.45 bits per heavy atom. The van der Waals surface area contributed by atoms with Gasteiger partial charge < -0.3 is 10.1 Å². The number of hydrogen-bond acceptors (Lipinski definition) is 3. The quantitative estimate of drug-likeness (QED) is 0.639. The Bertz CT molecular complexity index is 950. The number of ether oxygens (including phenoxy) is 1. The van der Waals surface area contributed by atoms with Gasteiger partial charge in [0.15, 0.2) is 0 Å². The number of carbonyl (C=O) groups excluding carboxylic acids is 2. The SMILES string of the molecule is CC(C)(C)OC(=O)N1CC(F)CC1C(=O)NC(c1ccccc1)c1ccc(Br)c(F)c1. The van der Waals surface area contributed by atoms with Gasteiger partial charge in [0.1, 0.15) is 23.6 Å². The lowest BCUT2D eigenvalue weighted by Crippen LogP contribution is -2.48. The molecular weight excluding hydrogens is 470 g/mol. The van der Waals surface area contributed by atoms with Crippen LogP contribution in [0.2, 0.25) is 0 Å². The molecule has 3 unspecified atom stereocenters. The van der Waals surface area contributed by atoms with E-state index in [4.69, 9.17) is 4.74 Å². The van der Waals surface area contributed by atoms with E-state index in [-0.39, 0.29) is 13.0 Å². The molecule has 1 N–H and O–H groups in total. The summed E-state index contributed by atoms with van der Waals surface area (Å²) < 4.78 is 34.0. The summed E-state index contributed by atoms with van der Waals surface area (Å²) in [6, 6.07) is 12.0. The fourth-order valence-electron chi connectivity index (χ4n) is 3.49. The zero-order chi connectivity index (χ0) is 22.8. The van der Waals surface area contributed by atoms with Crippen LogP contribution in [-0.2, 0) is 9.53 Å². The molecule has 1 aliphatic heterocycles. The van der Waals surface area contributed by atoms with Crippen LogP contribution in [0, 0.1) is 5.82 Å². The molecular formula is C23H25BrF2N2O3. The van der Waals surface area contributed by atoms with Gasteiger partial charge in [-0.05, 0) is 60.0 Å². The van der Waals surface area contributed by atoms with Crippen LogP contribution >= 0.6 is 15.9 Å². The number of halogens is 3. The van der Waals surface area contributed by atoms with Crippen molar-refractivity contribution in [3.63, 3.8) is 0 Å². The van der Waals surface area contributed by atoms with E-state index >= 15 is 0 Å². The lowest BCUT2D eigenvalue weighted by molar-refractivity contribution is -0.126. The number of hydrogen-bond donors (Lipinski definition) is 1. The van der Waals surface area contributed by atoms with Crippen LogP contribution in [-0.4, -0.2) is 41.3 Å². The van der Waals surface area contributed by atoms with Gasteiger partial charge in [-0.3, -0.25) is 9.69 Å². The first kappa shape index (κ1) is 23.2. The third kappa shape index (κ3) is 5.81. The lowest BCUT2D eigenvalue weighted by Gasteiger charge is -2.29. The molecule has 3 rings (SSSR count). The minimum atomic E-state index is -1.33. The number of nitrogens with zero attached hydrogens (tertiary/aromatic N) is 1. The van der Waals surface area contributed by atoms with E-state index in [1.165, 1.54) is 6.07 Å². The number of benzene rings is 2. The highest BCUT2D eigenvalue weighted by molar-refractivity contribution is 9.10. The molecule has 1 heterocycles. The number of likely N-dealkylation sites (tertiary alicyclic amines) is 1. The van der Waals surface area contributed by atoms with E-state index < -0.39 is 41.7 Å². The van der Waals surface area contributed by atoms with Crippen LogP contribution in [0.3, 0.4) is 0 Å². The monoisotopic (exact) mass is 494 g/mol. The zero-order valence-corrected chi connectivity index (χ0v) is 19.2. The smallest absolute Gasteiger partial charge is 0.411 e. The van der Waals surface area contributed by atoms with Crippen molar-refractivity contribution < 1.29 is 23.1 Å². The van der Waals surface area contributed by atoms with Gasteiger partial charge in [-0.25, -0.2) is 13.6 Å². The normalized spacial score (nSPS) is 19.7. The first-order chi connectivity index (χ1) is 14.5. The highest BCUT2D eigenvalue weighted by atomic mass is 79.9. The highest BCUT2D eigenvalue weighted by Crippen LogP contribution is 2.28. The van der Waals surface area contributed by atoms with Crippen LogP contribution in [0.4, 0.5) is 13.6 Å². The lowest BCUT2D eigenvalue weighted by atomic mass is 9.98. The van der Waals surface area contributed by atoms with Crippen molar-refractivity contribution in [2.75, 3.05) is 6.54 Å². The molecule has 3 atom stereocenters. The van der Waals surface area contributed by atoms with Crippen molar-refractivity contribution in [2.45, 2.75) is 51.0 Å². The number of rotatable bonds is 4. The molecule has 1 fully saturated rings. The predicted octanol–water partition coefficient (Wildman–Crippen LogP) is 5.14. The standard InChI is InChI=1S/C23H25BrF2N2O3/c1-23(2,3)31-22(30)28-13-16(25)12-19(28)21(29)27-20(14-7-5-4-6-8-14)15-9-10-17(24)18(26)11-15/h4-11,16,19-20H,12-13H2,1-3H3,(H,27,29). The van der Waals surface area contributed by atoms with E-state index in [0.717, 1.165) is 10.5 Å². The molecule has 5 nitrogen and oxygen atoms in total. The van der Waals surface area contributed by atoms with Gasteiger partial charge in [0, 0.05) is 6.42 Å². The minimum Gasteiger partial charge on any atom is -0.444 e. The van der Waals surface area contributed by atoms with E-state index in [1.54, 1.807) is 32.9 Å². The fourth-order valence-corrected chi connectivity index (χ4v) is 3.74. The summed E-state index contributed by atoms with van der Waals surface area (Å²) in [5.74, 6) is -0.990. The molecule has 2 aromatic carbocycles. The molecule has 2 aromatic rings. The molecule has 166 valence electrons. The van der Waals surface area contributed by atoms with E-state index in [1.807, 2.05) is 30.3 Å². The Balaban J connectivity index is 1.87. The van der Waals surface area contributed by atoms with Gasteiger partial charge in [0.2, 0.25) is 5.91 Å². The number of amides is 2. The average molecular weight is 495 g/mol. The Hall–Kier alpha value is -2.48. The first-order valence-corrected chi connectivity index (χ1v) is 10.8. The summed E-state index contributed by atoms with van der Waals surface area (Å²) >= 11 is 3.13. The minimum absolute atomic E-state index is 0.124. The fraction of sp³-hybridized carbons (Fsp3) is 0.391.